The lowest BCUT2D eigenvalue weighted by Gasteiger charge is -2.16. The van der Waals surface area contributed by atoms with Crippen molar-refractivity contribution in [3.63, 3.8) is 0 Å². The number of ether oxygens (including phenoxy) is 3. The normalized spacial score (nSPS) is 12.4. The quantitative estimate of drug-likeness (QED) is 0.369. The fourth-order valence-corrected chi connectivity index (χ4v) is 2.78. The fraction of sp³-hybridized carbons (Fsp3) is 0.409. The van der Waals surface area contributed by atoms with Gasteiger partial charge in [-0.25, -0.2) is 4.99 Å². The number of benzene rings is 2. The number of alkyl halides is 2. The number of nitrogens with one attached hydrogen (secondary N) is 2. The van der Waals surface area contributed by atoms with Gasteiger partial charge in [0.1, 0.15) is 5.75 Å². The van der Waals surface area contributed by atoms with Crippen molar-refractivity contribution in [3.05, 3.63) is 53.6 Å². The maximum atomic E-state index is 12.2. The first-order chi connectivity index (χ1) is 15.0. The Balaban J connectivity index is 1.99. The van der Waals surface area contributed by atoms with E-state index in [9.17, 15) is 13.9 Å². The summed E-state index contributed by atoms with van der Waals surface area (Å²) in [5.74, 6) is 1.89. The minimum atomic E-state index is -2.88. The molecular formula is C22H29F2N3O4. The maximum Gasteiger partial charge on any atom is 0.387 e. The van der Waals surface area contributed by atoms with Crippen molar-refractivity contribution in [1.29, 1.82) is 0 Å². The molecule has 0 radical (unpaired) electrons. The first-order valence-electron chi connectivity index (χ1n) is 10.0. The molecule has 2 rings (SSSR count). The van der Waals surface area contributed by atoms with Crippen molar-refractivity contribution < 1.29 is 28.1 Å². The van der Waals surface area contributed by atoms with E-state index in [1.165, 1.54) is 12.1 Å². The van der Waals surface area contributed by atoms with Crippen molar-refractivity contribution in [1.82, 2.24) is 10.6 Å². The number of aliphatic hydroxyl groups is 1. The lowest BCUT2D eigenvalue weighted by Crippen LogP contribution is -2.39. The second-order valence-electron chi connectivity index (χ2n) is 6.46. The first-order valence-corrected chi connectivity index (χ1v) is 10.0. The summed E-state index contributed by atoms with van der Waals surface area (Å²) in [4.78, 5) is 4.54. The molecule has 0 saturated heterocycles. The molecule has 0 bridgehead atoms. The highest BCUT2D eigenvalue weighted by molar-refractivity contribution is 5.79. The molecule has 170 valence electrons. The Morgan fingerprint density at radius 3 is 2.42 bits per heavy atom. The number of guanidine groups is 1. The van der Waals surface area contributed by atoms with Crippen LogP contribution in [0.3, 0.4) is 0 Å². The number of aliphatic hydroxyl groups excluding tert-OH is 1. The summed E-state index contributed by atoms with van der Waals surface area (Å²) in [5, 5.41) is 16.6. The van der Waals surface area contributed by atoms with Gasteiger partial charge < -0.3 is 30.0 Å². The highest BCUT2D eigenvalue weighted by atomic mass is 19.3. The number of rotatable bonds is 11. The smallest absolute Gasteiger partial charge is 0.387 e. The molecule has 1 atom stereocenters. The molecule has 0 aliphatic rings. The van der Waals surface area contributed by atoms with Gasteiger partial charge in [0.2, 0.25) is 0 Å². The van der Waals surface area contributed by atoms with Gasteiger partial charge in [-0.2, -0.15) is 8.78 Å². The Morgan fingerprint density at radius 2 is 1.81 bits per heavy atom. The van der Waals surface area contributed by atoms with E-state index in [1.54, 1.807) is 19.2 Å². The Bertz CT molecular complexity index is 832. The SMILES string of the molecule is CCNC(=NCc1ccc(OC)c(OCC)c1)NCC(O)c1ccc(OC(F)F)cc1. The third-order valence-electron chi connectivity index (χ3n) is 4.24. The molecule has 0 heterocycles. The van der Waals surface area contributed by atoms with E-state index in [1.807, 2.05) is 32.0 Å². The van der Waals surface area contributed by atoms with Crippen LogP contribution in [0.25, 0.3) is 0 Å². The van der Waals surface area contributed by atoms with Crippen LogP contribution >= 0.6 is 0 Å². The lowest BCUT2D eigenvalue weighted by molar-refractivity contribution is -0.0498. The topological polar surface area (TPSA) is 84.3 Å². The van der Waals surface area contributed by atoms with Crippen LogP contribution in [0.2, 0.25) is 0 Å². The molecule has 2 aromatic rings. The van der Waals surface area contributed by atoms with E-state index in [2.05, 4.69) is 20.4 Å². The van der Waals surface area contributed by atoms with Gasteiger partial charge in [-0.3, -0.25) is 0 Å². The van der Waals surface area contributed by atoms with Crippen LogP contribution in [0, 0.1) is 0 Å². The predicted molar refractivity (Wildman–Crippen MR) is 115 cm³/mol. The standard InChI is InChI=1S/C22H29F2N3O4/c1-4-25-22(26-13-15-6-11-19(29-3)20(12-15)30-5-2)27-14-18(28)16-7-9-17(10-8-16)31-21(23)24/h6-12,18,21,28H,4-5,13-14H2,1-3H3,(H2,25,26,27). The number of nitrogens with zero attached hydrogens (tertiary/aromatic N) is 1. The number of hydrogen-bond acceptors (Lipinski definition) is 5. The van der Waals surface area contributed by atoms with Crippen LogP contribution in [-0.4, -0.2) is 44.5 Å². The lowest BCUT2D eigenvalue weighted by atomic mass is 10.1. The average molecular weight is 437 g/mol. The van der Waals surface area contributed by atoms with Crippen molar-refractivity contribution in [3.8, 4) is 17.2 Å². The van der Waals surface area contributed by atoms with Crippen LogP contribution in [-0.2, 0) is 6.54 Å². The molecule has 0 saturated carbocycles. The molecule has 2 aromatic carbocycles. The van der Waals surface area contributed by atoms with E-state index in [0.29, 0.717) is 42.7 Å². The molecule has 31 heavy (non-hydrogen) atoms. The fourth-order valence-electron chi connectivity index (χ4n) is 2.78. The van der Waals surface area contributed by atoms with Gasteiger partial charge in [0.25, 0.3) is 0 Å². The van der Waals surface area contributed by atoms with E-state index in [-0.39, 0.29) is 12.3 Å². The maximum absolute atomic E-state index is 12.2. The Kier molecular flexibility index (Phi) is 9.83. The van der Waals surface area contributed by atoms with E-state index < -0.39 is 12.7 Å². The zero-order valence-electron chi connectivity index (χ0n) is 17.9. The van der Waals surface area contributed by atoms with Gasteiger partial charge in [-0.1, -0.05) is 18.2 Å². The number of hydrogen-bond donors (Lipinski definition) is 3. The van der Waals surface area contributed by atoms with Crippen molar-refractivity contribution >= 4 is 5.96 Å². The Hall–Kier alpha value is -3.07. The van der Waals surface area contributed by atoms with Crippen LogP contribution < -0.4 is 24.8 Å². The average Bonchev–Trinajstić information content (AvgIpc) is 2.76. The molecule has 0 amide bonds. The van der Waals surface area contributed by atoms with Gasteiger partial charge in [-0.15, -0.1) is 0 Å². The zero-order valence-corrected chi connectivity index (χ0v) is 17.9. The van der Waals surface area contributed by atoms with Crippen LogP contribution in [0.15, 0.2) is 47.5 Å². The summed E-state index contributed by atoms with van der Waals surface area (Å²) >= 11 is 0. The third-order valence-corrected chi connectivity index (χ3v) is 4.24. The van der Waals surface area contributed by atoms with Gasteiger partial charge in [-0.05, 0) is 49.2 Å². The Labute approximate surface area is 181 Å². The summed E-state index contributed by atoms with van der Waals surface area (Å²) in [6.07, 6.45) is -0.852. The molecule has 0 spiro atoms. The van der Waals surface area contributed by atoms with Crippen LogP contribution in [0.1, 0.15) is 31.1 Å². The minimum Gasteiger partial charge on any atom is -0.493 e. The van der Waals surface area contributed by atoms with Crippen LogP contribution in [0.4, 0.5) is 8.78 Å². The Morgan fingerprint density at radius 1 is 1.06 bits per heavy atom. The van der Waals surface area contributed by atoms with Gasteiger partial charge in [0.05, 0.1) is 26.4 Å². The number of aliphatic imine (C=N–C) groups is 1. The molecule has 0 aliphatic carbocycles. The molecule has 3 N–H and O–H groups in total. The number of halogens is 2. The summed E-state index contributed by atoms with van der Waals surface area (Å²) in [6, 6.07) is 11.5. The second kappa shape index (κ2) is 12.6. The minimum absolute atomic E-state index is 0.0414. The van der Waals surface area contributed by atoms with E-state index in [4.69, 9.17) is 9.47 Å². The number of methoxy groups -OCH3 is 1. The predicted octanol–water partition coefficient (Wildman–Crippen LogP) is 3.48. The monoisotopic (exact) mass is 437 g/mol. The van der Waals surface area contributed by atoms with Crippen molar-refractivity contribution in [2.45, 2.75) is 33.1 Å². The molecule has 0 aromatic heterocycles. The summed E-state index contributed by atoms with van der Waals surface area (Å²) in [5.41, 5.74) is 1.51. The highest BCUT2D eigenvalue weighted by Gasteiger charge is 2.11. The van der Waals surface area contributed by atoms with Gasteiger partial charge in [0, 0.05) is 13.1 Å². The third kappa shape index (κ3) is 7.93. The summed E-state index contributed by atoms with van der Waals surface area (Å²) in [7, 11) is 1.59. The zero-order chi connectivity index (χ0) is 22.6. The summed E-state index contributed by atoms with van der Waals surface area (Å²) in [6.45, 7) is 2.72. The largest absolute Gasteiger partial charge is 0.493 e. The van der Waals surface area contributed by atoms with E-state index >= 15 is 0 Å². The molecule has 1 unspecified atom stereocenters. The highest BCUT2D eigenvalue weighted by Crippen LogP contribution is 2.28. The first kappa shape index (κ1) is 24.2. The second-order valence-corrected chi connectivity index (χ2v) is 6.46. The van der Waals surface area contributed by atoms with Gasteiger partial charge >= 0.3 is 6.61 Å². The van der Waals surface area contributed by atoms with Crippen molar-refractivity contribution in [2.75, 3.05) is 26.8 Å². The molecule has 0 aliphatic heterocycles. The molecule has 9 heteroatoms. The van der Waals surface area contributed by atoms with Gasteiger partial charge in [0.15, 0.2) is 17.5 Å². The van der Waals surface area contributed by atoms with E-state index in [0.717, 1.165) is 5.56 Å². The molecular weight excluding hydrogens is 408 g/mol. The van der Waals surface area contributed by atoms with Crippen LogP contribution in [0.5, 0.6) is 17.2 Å². The van der Waals surface area contributed by atoms with Crippen molar-refractivity contribution in [2.24, 2.45) is 4.99 Å². The molecule has 0 fully saturated rings. The molecule has 7 nitrogen and oxygen atoms in total. The summed E-state index contributed by atoms with van der Waals surface area (Å²) < 4.78 is 39.7.